The van der Waals surface area contributed by atoms with Gasteiger partial charge in [0.15, 0.2) is 0 Å². The Morgan fingerprint density at radius 2 is 2.15 bits per heavy atom. The van der Waals surface area contributed by atoms with Crippen LogP contribution in [0.1, 0.15) is 24.5 Å². The Morgan fingerprint density at radius 1 is 1.30 bits per heavy atom. The summed E-state index contributed by atoms with van der Waals surface area (Å²) in [5, 5.41) is 12.7. The SMILES string of the molecule is CC(C)NCc1cn(Cc2nc3ccccc3s2)nn1. The van der Waals surface area contributed by atoms with Crippen molar-refractivity contribution in [1.29, 1.82) is 0 Å². The minimum atomic E-state index is 0.449. The zero-order valence-electron chi connectivity index (χ0n) is 11.6. The number of aromatic nitrogens is 4. The molecule has 6 heteroatoms. The Bertz CT molecular complexity index is 667. The Morgan fingerprint density at radius 3 is 2.95 bits per heavy atom. The number of hydrogen-bond acceptors (Lipinski definition) is 5. The van der Waals surface area contributed by atoms with E-state index < -0.39 is 0 Å². The van der Waals surface area contributed by atoms with Crippen LogP contribution >= 0.6 is 11.3 Å². The molecule has 0 unspecified atom stereocenters. The molecule has 1 N–H and O–H groups in total. The van der Waals surface area contributed by atoms with E-state index >= 15 is 0 Å². The number of nitrogens with zero attached hydrogens (tertiary/aromatic N) is 4. The highest BCUT2D eigenvalue weighted by Gasteiger charge is 2.06. The number of para-hydroxylation sites is 1. The lowest BCUT2D eigenvalue weighted by Crippen LogP contribution is -2.21. The molecule has 2 aromatic heterocycles. The first-order valence-corrected chi connectivity index (χ1v) is 7.49. The zero-order chi connectivity index (χ0) is 13.9. The van der Waals surface area contributed by atoms with Gasteiger partial charge in [-0.05, 0) is 12.1 Å². The summed E-state index contributed by atoms with van der Waals surface area (Å²) in [5.74, 6) is 0. The van der Waals surface area contributed by atoms with E-state index in [9.17, 15) is 0 Å². The van der Waals surface area contributed by atoms with Crippen LogP contribution in [0.3, 0.4) is 0 Å². The Balaban J connectivity index is 1.71. The molecule has 20 heavy (non-hydrogen) atoms. The molecule has 1 aromatic carbocycles. The summed E-state index contributed by atoms with van der Waals surface area (Å²) in [7, 11) is 0. The standard InChI is InChI=1S/C14H17N5S/c1-10(2)15-7-11-8-19(18-17-11)9-14-16-12-5-3-4-6-13(12)20-14/h3-6,8,10,15H,7,9H2,1-2H3. The summed E-state index contributed by atoms with van der Waals surface area (Å²) in [6.45, 7) is 5.66. The first-order chi connectivity index (χ1) is 9.70. The normalized spacial score (nSPS) is 11.6. The summed E-state index contributed by atoms with van der Waals surface area (Å²) in [4.78, 5) is 4.61. The van der Waals surface area contributed by atoms with Crippen LogP contribution in [0.15, 0.2) is 30.5 Å². The van der Waals surface area contributed by atoms with Crippen LogP contribution in [-0.4, -0.2) is 26.0 Å². The number of hydrogen-bond donors (Lipinski definition) is 1. The molecule has 3 aromatic rings. The van der Waals surface area contributed by atoms with Gasteiger partial charge in [-0.3, -0.25) is 0 Å². The average Bonchev–Trinajstić information content (AvgIpc) is 3.02. The molecule has 2 heterocycles. The fourth-order valence-electron chi connectivity index (χ4n) is 1.93. The minimum absolute atomic E-state index is 0.449. The van der Waals surface area contributed by atoms with Gasteiger partial charge < -0.3 is 5.32 Å². The molecular weight excluding hydrogens is 270 g/mol. The van der Waals surface area contributed by atoms with Crippen molar-refractivity contribution in [3.8, 4) is 0 Å². The summed E-state index contributed by atoms with van der Waals surface area (Å²) in [6.07, 6.45) is 1.97. The van der Waals surface area contributed by atoms with Gasteiger partial charge >= 0.3 is 0 Å². The molecule has 0 aliphatic carbocycles. The number of nitrogens with one attached hydrogen (secondary N) is 1. The molecule has 0 fully saturated rings. The third kappa shape index (κ3) is 3.02. The Kier molecular flexibility index (Phi) is 3.75. The molecule has 0 amide bonds. The largest absolute Gasteiger partial charge is 0.309 e. The molecular formula is C14H17N5S. The van der Waals surface area contributed by atoms with Gasteiger partial charge in [-0.1, -0.05) is 31.2 Å². The predicted molar refractivity (Wildman–Crippen MR) is 80.7 cm³/mol. The highest BCUT2D eigenvalue weighted by molar-refractivity contribution is 7.18. The summed E-state index contributed by atoms with van der Waals surface area (Å²) >= 11 is 1.70. The highest BCUT2D eigenvalue weighted by Crippen LogP contribution is 2.21. The van der Waals surface area contributed by atoms with Crippen LogP contribution in [0.2, 0.25) is 0 Å². The summed E-state index contributed by atoms with van der Waals surface area (Å²) < 4.78 is 3.05. The molecule has 0 aliphatic rings. The van der Waals surface area contributed by atoms with Crippen molar-refractivity contribution in [3.05, 3.63) is 41.2 Å². The van der Waals surface area contributed by atoms with Crippen LogP contribution in [0, 0.1) is 0 Å². The minimum Gasteiger partial charge on any atom is -0.309 e. The number of thiazole rings is 1. The van der Waals surface area contributed by atoms with Crippen molar-refractivity contribution in [2.75, 3.05) is 0 Å². The van der Waals surface area contributed by atoms with Crippen LogP contribution < -0.4 is 5.32 Å². The highest BCUT2D eigenvalue weighted by atomic mass is 32.1. The van der Waals surface area contributed by atoms with Crippen molar-refractivity contribution >= 4 is 21.6 Å². The van der Waals surface area contributed by atoms with Crippen LogP contribution in [0.4, 0.5) is 0 Å². The second kappa shape index (κ2) is 5.68. The maximum atomic E-state index is 4.61. The summed E-state index contributed by atoms with van der Waals surface area (Å²) in [6, 6.07) is 8.63. The number of benzene rings is 1. The lowest BCUT2D eigenvalue weighted by atomic mass is 10.3. The topological polar surface area (TPSA) is 55.6 Å². The average molecular weight is 287 g/mol. The molecule has 0 radical (unpaired) electrons. The fraction of sp³-hybridized carbons (Fsp3) is 0.357. The lowest BCUT2D eigenvalue weighted by Gasteiger charge is -2.03. The molecule has 0 saturated carbocycles. The van der Waals surface area contributed by atoms with Gasteiger partial charge in [-0.15, -0.1) is 16.4 Å². The van der Waals surface area contributed by atoms with E-state index in [1.807, 2.05) is 29.1 Å². The van der Waals surface area contributed by atoms with Crippen molar-refractivity contribution < 1.29 is 0 Å². The van der Waals surface area contributed by atoms with E-state index in [4.69, 9.17) is 0 Å². The van der Waals surface area contributed by atoms with E-state index in [1.54, 1.807) is 11.3 Å². The maximum Gasteiger partial charge on any atom is 0.115 e. The first-order valence-electron chi connectivity index (χ1n) is 6.67. The number of rotatable bonds is 5. The van der Waals surface area contributed by atoms with Gasteiger partial charge in [0.2, 0.25) is 0 Å². The lowest BCUT2D eigenvalue weighted by molar-refractivity contribution is 0.580. The fourth-order valence-corrected chi connectivity index (χ4v) is 2.89. The maximum absolute atomic E-state index is 4.61. The Labute approximate surface area is 121 Å². The van der Waals surface area contributed by atoms with Gasteiger partial charge in [-0.25, -0.2) is 9.67 Å². The second-order valence-electron chi connectivity index (χ2n) is 5.02. The van der Waals surface area contributed by atoms with Crippen molar-refractivity contribution in [2.45, 2.75) is 33.0 Å². The van der Waals surface area contributed by atoms with Gasteiger partial charge in [-0.2, -0.15) is 0 Å². The van der Waals surface area contributed by atoms with E-state index in [0.29, 0.717) is 12.6 Å². The molecule has 0 saturated heterocycles. The zero-order valence-corrected chi connectivity index (χ0v) is 12.4. The quantitative estimate of drug-likeness (QED) is 0.783. The molecule has 0 spiro atoms. The van der Waals surface area contributed by atoms with Crippen molar-refractivity contribution in [1.82, 2.24) is 25.3 Å². The Hall–Kier alpha value is -1.79. The van der Waals surface area contributed by atoms with E-state index in [-0.39, 0.29) is 0 Å². The molecule has 0 bridgehead atoms. The van der Waals surface area contributed by atoms with Gasteiger partial charge in [0, 0.05) is 12.6 Å². The molecule has 3 rings (SSSR count). The van der Waals surface area contributed by atoms with E-state index in [0.717, 1.165) is 22.8 Å². The van der Waals surface area contributed by atoms with Crippen molar-refractivity contribution in [2.24, 2.45) is 0 Å². The van der Waals surface area contributed by atoms with Crippen LogP contribution in [-0.2, 0) is 13.1 Å². The van der Waals surface area contributed by atoms with Gasteiger partial charge in [0.05, 0.1) is 28.7 Å². The van der Waals surface area contributed by atoms with Crippen LogP contribution in [0.5, 0.6) is 0 Å². The third-order valence-electron chi connectivity index (χ3n) is 2.91. The molecule has 0 aliphatic heterocycles. The number of fused-ring (bicyclic) bond motifs is 1. The monoisotopic (exact) mass is 287 g/mol. The molecule has 5 nitrogen and oxygen atoms in total. The molecule has 0 atom stereocenters. The van der Waals surface area contributed by atoms with Gasteiger partial charge in [0.1, 0.15) is 5.01 Å². The van der Waals surface area contributed by atoms with E-state index in [1.165, 1.54) is 4.70 Å². The van der Waals surface area contributed by atoms with Crippen LogP contribution in [0.25, 0.3) is 10.2 Å². The predicted octanol–water partition coefficient (Wildman–Crippen LogP) is 2.43. The van der Waals surface area contributed by atoms with E-state index in [2.05, 4.69) is 40.5 Å². The third-order valence-corrected chi connectivity index (χ3v) is 3.93. The second-order valence-corrected chi connectivity index (χ2v) is 6.13. The van der Waals surface area contributed by atoms with Crippen molar-refractivity contribution in [3.63, 3.8) is 0 Å². The molecule has 104 valence electrons. The first kappa shape index (κ1) is 13.2. The smallest absolute Gasteiger partial charge is 0.115 e. The summed E-state index contributed by atoms with van der Waals surface area (Å²) in [5.41, 5.74) is 2.01. The van der Waals surface area contributed by atoms with Gasteiger partial charge in [0.25, 0.3) is 0 Å².